The fourth-order valence-electron chi connectivity index (χ4n) is 0. The summed E-state index contributed by atoms with van der Waals surface area (Å²) in [6.45, 7) is 1.43. The van der Waals surface area contributed by atoms with Crippen LogP contribution in [0.5, 0.6) is 0 Å². The van der Waals surface area contributed by atoms with E-state index in [2.05, 4.69) is 53.7 Å². The molecule has 0 aliphatic heterocycles. The Morgan fingerprint density at radius 1 is 1.30 bits per heavy atom. The molecule has 0 rings (SSSR count). The average molecular weight is 577 g/mol. The van der Waals surface area contributed by atoms with E-state index in [1.165, 1.54) is 6.92 Å². The molecule has 0 unspecified atom stereocenters. The van der Waals surface area contributed by atoms with E-state index in [-0.39, 0.29) is 0 Å². The Morgan fingerprint density at radius 2 is 1.30 bits per heavy atom. The fraction of sp³-hybridized carbons (Fsp3) is 0.500. The van der Waals surface area contributed by atoms with Gasteiger partial charge in [0.15, 0.2) is 0 Å². The average Bonchev–Trinajstić information content (AvgIpc) is 1.68. The molecule has 0 bridgehead atoms. The number of nitroso groups, excluding NO2 is 1. The molecule has 0 saturated heterocycles. The van der Waals surface area contributed by atoms with Crippen LogP contribution < -0.4 is 0 Å². The first-order chi connectivity index (χ1) is 4.41. The van der Waals surface area contributed by atoms with Crippen molar-refractivity contribution in [3.8, 4) is 6.07 Å². The van der Waals surface area contributed by atoms with Gasteiger partial charge in [0, 0.05) is 6.92 Å². The van der Waals surface area contributed by atoms with E-state index in [9.17, 15) is 0 Å². The van der Waals surface area contributed by atoms with Gasteiger partial charge in [0.1, 0.15) is 0 Å². The Morgan fingerprint density at radius 3 is 1.30 bits per heavy atom. The molecule has 0 aromatic rings. The van der Waals surface area contributed by atoms with E-state index in [0.29, 0.717) is 0 Å². The molecule has 0 heterocycles. The zero-order valence-electron chi connectivity index (χ0n) is 4.69. The van der Waals surface area contributed by atoms with E-state index >= 15 is 0 Å². The third-order valence-corrected chi connectivity index (χ3v) is 0. The molecule has 0 aromatic carbocycles. The number of nitrogens with zero attached hydrogens (tertiary/aromatic N) is 2. The molecule has 8 heteroatoms. The Labute approximate surface area is 88.7 Å². The summed E-state index contributed by atoms with van der Waals surface area (Å²) < 4.78 is 0. The maximum atomic E-state index is 7.32. The molecule has 10 heavy (non-hydrogen) atoms. The summed E-state index contributed by atoms with van der Waals surface area (Å²) in [6.07, 6.45) is 0. The van der Waals surface area contributed by atoms with Crippen LogP contribution in [-0.2, 0) is 7.47 Å². The second-order valence-electron chi connectivity index (χ2n) is 0.548. The second kappa shape index (κ2) is 13.3. The van der Waals surface area contributed by atoms with Crippen molar-refractivity contribution in [3.63, 3.8) is 0 Å². The number of rotatable bonds is 0. The Bertz CT molecular complexity index is 92.4. The van der Waals surface area contributed by atoms with Crippen LogP contribution in [0.2, 0.25) is 0 Å². The van der Waals surface area contributed by atoms with Crippen molar-refractivity contribution in [2.45, 2.75) is 6.92 Å². The van der Waals surface area contributed by atoms with Gasteiger partial charge < -0.3 is 10.5 Å². The monoisotopic (exact) mass is 574 g/mol. The normalized spacial score (nSPS) is 8.80. The van der Waals surface area contributed by atoms with Gasteiger partial charge in [-0.25, -0.2) is 0 Å². The summed E-state index contributed by atoms with van der Waals surface area (Å²) in [5.41, 5.74) is 5.75. The molecular formula is C2H3Br4N2ORe-. The van der Waals surface area contributed by atoms with Gasteiger partial charge in [-0.2, -0.15) is 5.26 Å². The SMILES string of the molecule is CC#N.[Br][Re]([Br])([Br])[Br].[N-]=O. The summed E-state index contributed by atoms with van der Waals surface area (Å²) in [4.78, 5) is 7.25. The van der Waals surface area contributed by atoms with Gasteiger partial charge in [-0.15, -0.1) is 0 Å². The standard InChI is InChI=1S/C2H3N.4BrH.NO.Re/c1-2-3;;;;;1-2;/h1H3;4*1H;;/q;;;;;-1;+4/p-4. The van der Waals surface area contributed by atoms with Crippen LogP contribution in [0.1, 0.15) is 6.92 Å². The summed E-state index contributed by atoms with van der Waals surface area (Å²) in [5, 5.41) is 7.32. The van der Waals surface area contributed by atoms with Gasteiger partial charge in [0.25, 0.3) is 0 Å². The maximum Gasteiger partial charge on any atom is -0.423 e. The molecule has 3 nitrogen and oxygen atoms in total. The molecule has 63 valence electrons. The third-order valence-electron chi connectivity index (χ3n) is 0. The van der Waals surface area contributed by atoms with Crippen molar-refractivity contribution >= 4 is 53.7 Å². The molecule has 0 fully saturated rings. The minimum absolute atomic E-state index is 1.43. The van der Waals surface area contributed by atoms with Gasteiger partial charge in [-0.05, 0) is 0 Å². The van der Waals surface area contributed by atoms with Crippen molar-refractivity contribution < 1.29 is 7.47 Å². The van der Waals surface area contributed by atoms with Crippen LogP contribution in [-0.4, -0.2) is 0 Å². The summed E-state index contributed by atoms with van der Waals surface area (Å²) >= 11 is 13.3. The first kappa shape index (κ1) is 17.7. The van der Waals surface area contributed by atoms with Crippen molar-refractivity contribution in [1.82, 2.24) is 0 Å². The smallest absolute Gasteiger partial charge is 0.423 e. The van der Waals surface area contributed by atoms with E-state index in [0.717, 1.165) is 0 Å². The first-order valence-corrected chi connectivity index (χ1v) is 25.2. The largest absolute Gasteiger partial charge is 0.577 e. The number of nitriles is 1. The van der Waals surface area contributed by atoms with Crippen molar-refractivity contribution in [1.29, 1.82) is 5.26 Å². The number of hydrogen-bond donors (Lipinski definition) is 0. The van der Waals surface area contributed by atoms with Gasteiger partial charge in [-0.1, -0.05) is 0 Å². The summed E-state index contributed by atoms with van der Waals surface area (Å²) in [7, 11) is -1.86. The molecule has 0 aliphatic rings. The predicted octanol–water partition coefficient (Wildman–Crippen LogP) is 4.23. The quantitative estimate of drug-likeness (QED) is 0.433. The van der Waals surface area contributed by atoms with Crippen LogP contribution in [0.25, 0.3) is 5.59 Å². The molecule has 0 amide bonds. The molecule has 0 aliphatic carbocycles. The van der Waals surface area contributed by atoms with Crippen molar-refractivity contribution in [2.75, 3.05) is 0 Å². The van der Waals surface area contributed by atoms with Crippen LogP contribution in [0.4, 0.5) is 0 Å². The van der Waals surface area contributed by atoms with Gasteiger partial charge in [-0.3, -0.25) is 0 Å². The van der Waals surface area contributed by atoms with Gasteiger partial charge in [0.2, 0.25) is 0 Å². The van der Waals surface area contributed by atoms with Crippen LogP contribution in [0, 0.1) is 16.2 Å². The van der Waals surface area contributed by atoms with Crippen LogP contribution >= 0.6 is 53.7 Å². The Balaban J connectivity index is -0.0000000847. The van der Waals surface area contributed by atoms with E-state index < -0.39 is 7.47 Å². The Kier molecular flexibility index (Phi) is 23.5. The Hall–Kier alpha value is 1.67. The molecule has 0 aromatic heterocycles. The van der Waals surface area contributed by atoms with Crippen LogP contribution in [0.3, 0.4) is 0 Å². The zero-order chi connectivity index (χ0) is 9.21. The fourth-order valence-corrected chi connectivity index (χ4v) is 0. The topological polar surface area (TPSA) is 63.2 Å². The minimum atomic E-state index is -1.86. The molecule has 0 radical (unpaired) electrons. The third kappa shape index (κ3) is 260. The number of halogens is 4. The van der Waals surface area contributed by atoms with Crippen molar-refractivity contribution in [3.05, 3.63) is 10.5 Å². The first-order valence-electron chi connectivity index (χ1n) is 1.48. The zero-order valence-corrected chi connectivity index (χ0v) is 13.8. The molecule has 0 N–H and O–H groups in total. The van der Waals surface area contributed by atoms with Crippen molar-refractivity contribution in [2.24, 2.45) is 0 Å². The molecular weight excluding hydrogens is 574 g/mol. The molecule has 0 saturated carbocycles. The summed E-state index contributed by atoms with van der Waals surface area (Å²) in [6, 6.07) is 1.75. The van der Waals surface area contributed by atoms with Gasteiger partial charge >= 0.3 is 61.2 Å². The molecule has 0 atom stereocenters. The number of hydrogen-bond acceptors (Lipinski definition) is 2. The van der Waals surface area contributed by atoms with E-state index in [1.54, 1.807) is 6.07 Å². The summed E-state index contributed by atoms with van der Waals surface area (Å²) in [5.74, 6) is 0. The predicted molar refractivity (Wildman–Crippen MR) is 53.7 cm³/mol. The second-order valence-corrected chi connectivity index (χ2v) is 71.8. The maximum absolute atomic E-state index is 7.32. The van der Waals surface area contributed by atoms with Gasteiger partial charge in [0.05, 0.1) is 6.07 Å². The van der Waals surface area contributed by atoms with E-state index in [4.69, 9.17) is 15.8 Å². The van der Waals surface area contributed by atoms with E-state index in [1.807, 2.05) is 0 Å². The van der Waals surface area contributed by atoms with Crippen LogP contribution in [0.15, 0.2) is 0 Å². The molecule has 0 spiro atoms. The minimum Gasteiger partial charge on any atom is -0.577 e.